The molecule has 0 amide bonds. The molecule has 0 unspecified atom stereocenters. The van der Waals surface area contributed by atoms with Gasteiger partial charge < -0.3 is 24.6 Å². The van der Waals surface area contributed by atoms with E-state index >= 15 is 0 Å². The molecule has 2 aliphatic rings. The number of hydrogen-bond donors (Lipinski definition) is 2. The van der Waals surface area contributed by atoms with Crippen LogP contribution in [0.2, 0.25) is 0 Å². The Morgan fingerprint density at radius 2 is 1.78 bits per heavy atom. The molecule has 0 aliphatic carbocycles. The number of hydrogen-bond acceptors (Lipinski definition) is 6. The Kier molecular flexibility index (Phi) is 7.00. The Hall–Kier alpha value is -2.19. The first-order chi connectivity index (χ1) is 15.3. The standard InChI is InChI=1S/C25H33FN2O4/c1-20-5-7-22(8-6-20)28-11-9-24(29,10-12-28)16-27-13-14-31-18-25(30,17-27)19-32-23-4-2-3-21(26)15-23/h2-8,15,29-30H,9-14,16-19H2,1H3/t25-/m1/s1. The quantitative estimate of drug-likeness (QED) is 0.714. The fourth-order valence-corrected chi connectivity index (χ4v) is 4.50. The summed E-state index contributed by atoms with van der Waals surface area (Å²) in [7, 11) is 0. The van der Waals surface area contributed by atoms with E-state index in [1.807, 2.05) is 0 Å². The van der Waals surface area contributed by atoms with Crippen LogP contribution in [0.25, 0.3) is 0 Å². The summed E-state index contributed by atoms with van der Waals surface area (Å²) in [4.78, 5) is 4.37. The van der Waals surface area contributed by atoms with Crippen LogP contribution in [0.5, 0.6) is 5.75 Å². The van der Waals surface area contributed by atoms with Crippen molar-refractivity contribution in [1.82, 2.24) is 4.90 Å². The van der Waals surface area contributed by atoms with E-state index in [1.165, 1.54) is 23.4 Å². The summed E-state index contributed by atoms with van der Waals surface area (Å²) in [6.07, 6.45) is 1.33. The Labute approximate surface area is 189 Å². The summed E-state index contributed by atoms with van der Waals surface area (Å²) in [5.74, 6) is -0.0104. The number of piperidine rings is 1. The minimum Gasteiger partial charge on any atom is -0.490 e. The smallest absolute Gasteiger partial charge is 0.134 e. The molecular weight excluding hydrogens is 411 g/mol. The van der Waals surface area contributed by atoms with Crippen molar-refractivity contribution >= 4 is 5.69 Å². The number of halogens is 1. The first-order valence-corrected chi connectivity index (χ1v) is 11.3. The highest BCUT2D eigenvalue weighted by atomic mass is 19.1. The predicted octanol–water partition coefficient (Wildman–Crippen LogP) is 2.61. The molecule has 2 saturated heterocycles. The molecule has 2 aromatic rings. The van der Waals surface area contributed by atoms with Crippen molar-refractivity contribution < 1.29 is 24.1 Å². The molecule has 0 radical (unpaired) electrons. The lowest BCUT2D eigenvalue weighted by Crippen LogP contribution is -2.55. The van der Waals surface area contributed by atoms with E-state index in [-0.39, 0.29) is 19.0 Å². The molecule has 0 bridgehead atoms. The number of ether oxygens (including phenoxy) is 2. The van der Waals surface area contributed by atoms with E-state index in [2.05, 4.69) is 41.0 Å². The highest BCUT2D eigenvalue weighted by Crippen LogP contribution is 2.28. The van der Waals surface area contributed by atoms with Gasteiger partial charge in [0.25, 0.3) is 0 Å². The van der Waals surface area contributed by atoms with Gasteiger partial charge >= 0.3 is 0 Å². The van der Waals surface area contributed by atoms with E-state index in [9.17, 15) is 14.6 Å². The van der Waals surface area contributed by atoms with Crippen LogP contribution in [0.15, 0.2) is 48.5 Å². The van der Waals surface area contributed by atoms with Gasteiger partial charge in [0.15, 0.2) is 0 Å². The monoisotopic (exact) mass is 444 g/mol. The average molecular weight is 445 g/mol. The normalized spacial score (nSPS) is 24.2. The van der Waals surface area contributed by atoms with Crippen LogP contribution in [-0.2, 0) is 4.74 Å². The first-order valence-electron chi connectivity index (χ1n) is 11.3. The Morgan fingerprint density at radius 1 is 1.03 bits per heavy atom. The Bertz CT molecular complexity index is 886. The largest absolute Gasteiger partial charge is 0.490 e. The van der Waals surface area contributed by atoms with Gasteiger partial charge in [0.05, 0.1) is 18.8 Å². The molecule has 2 N–H and O–H groups in total. The van der Waals surface area contributed by atoms with Crippen molar-refractivity contribution in [2.24, 2.45) is 0 Å². The summed E-state index contributed by atoms with van der Waals surface area (Å²) < 4.78 is 24.7. The van der Waals surface area contributed by atoms with Gasteiger partial charge in [-0.3, -0.25) is 4.90 Å². The molecule has 0 spiro atoms. The molecule has 32 heavy (non-hydrogen) atoms. The van der Waals surface area contributed by atoms with Crippen LogP contribution in [0, 0.1) is 12.7 Å². The minimum atomic E-state index is -1.23. The second kappa shape index (κ2) is 9.75. The number of anilines is 1. The molecule has 0 aromatic heterocycles. The zero-order valence-electron chi connectivity index (χ0n) is 18.7. The molecule has 0 saturated carbocycles. The summed E-state index contributed by atoms with van der Waals surface area (Å²) >= 11 is 0. The lowest BCUT2D eigenvalue weighted by molar-refractivity contribution is -0.0742. The van der Waals surface area contributed by atoms with Gasteiger partial charge in [-0.2, -0.15) is 0 Å². The topological polar surface area (TPSA) is 65.4 Å². The van der Waals surface area contributed by atoms with Gasteiger partial charge in [0.2, 0.25) is 0 Å². The number of nitrogens with zero attached hydrogens (tertiary/aromatic N) is 2. The van der Waals surface area contributed by atoms with Crippen molar-refractivity contribution in [3.63, 3.8) is 0 Å². The van der Waals surface area contributed by atoms with Crippen LogP contribution in [-0.4, -0.2) is 78.9 Å². The van der Waals surface area contributed by atoms with Crippen LogP contribution in [0.1, 0.15) is 18.4 Å². The van der Waals surface area contributed by atoms with Gasteiger partial charge in [0.1, 0.15) is 23.8 Å². The maximum absolute atomic E-state index is 13.4. The second-order valence-electron chi connectivity index (χ2n) is 9.28. The molecule has 2 aliphatic heterocycles. The van der Waals surface area contributed by atoms with E-state index in [0.717, 1.165) is 13.1 Å². The van der Waals surface area contributed by atoms with Crippen LogP contribution >= 0.6 is 0 Å². The molecule has 2 heterocycles. The van der Waals surface area contributed by atoms with E-state index < -0.39 is 11.2 Å². The Balaban J connectivity index is 1.33. The Morgan fingerprint density at radius 3 is 2.50 bits per heavy atom. The zero-order valence-corrected chi connectivity index (χ0v) is 18.7. The van der Waals surface area contributed by atoms with Gasteiger partial charge in [-0.15, -0.1) is 0 Å². The average Bonchev–Trinajstić information content (AvgIpc) is 2.95. The summed E-state index contributed by atoms with van der Waals surface area (Å²) in [5.41, 5.74) is 0.377. The number of β-amino-alcohol motifs (C(OH)–C–C–N with tert-alkyl or cyclic N) is 2. The predicted molar refractivity (Wildman–Crippen MR) is 122 cm³/mol. The van der Waals surface area contributed by atoms with Crippen molar-refractivity contribution in [2.75, 3.05) is 57.4 Å². The van der Waals surface area contributed by atoms with Crippen molar-refractivity contribution in [2.45, 2.75) is 31.0 Å². The summed E-state index contributed by atoms with van der Waals surface area (Å²) in [6, 6.07) is 14.4. The van der Waals surface area contributed by atoms with Crippen LogP contribution in [0.4, 0.5) is 10.1 Å². The molecule has 4 rings (SSSR count). The minimum absolute atomic E-state index is 0.00736. The number of aliphatic hydroxyl groups is 2. The molecule has 2 fully saturated rings. The third kappa shape index (κ3) is 5.98. The number of rotatable bonds is 6. The molecule has 174 valence electrons. The van der Waals surface area contributed by atoms with E-state index in [0.29, 0.717) is 44.8 Å². The van der Waals surface area contributed by atoms with Crippen LogP contribution in [0.3, 0.4) is 0 Å². The summed E-state index contributed by atoms with van der Waals surface area (Å²) in [5, 5.41) is 22.4. The number of aryl methyl sites for hydroxylation is 1. The summed E-state index contributed by atoms with van der Waals surface area (Å²) in [6.45, 7) is 5.69. The van der Waals surface area contributed by atoms with E-state index in [1.54, 1.807) is 12.1 Å². The van der Waals surface area contributed by atoms with Gasteiger partial charge in [-0.05, 0) is 44.0 Å². The lowest BCUT2D eigenvalue weighted by atomic mass is 9.90. The third-order valence-corrected chi connectivity index (χ3v) is 6.36. The molecule has 2 aromatic carbocycles. The molecule has 7 heteroatoms. The highest BCUT2D eigenvalue weighted by Gasteiger charge is 2.39. The van der Waals surface area contributed by atoms with Crippen LogP contribution < -0.4 is 9.64 Å². The van der Waals surface area contributed by atoms with Gasteiger partial charge in [-0.25, -0.2) is 4.39 Å². The number of benzene rings is 2. The second-order valence-corrected chi connectivity index (χ2v) is 9.28. The maximum atomic E-state index is 13.4. The van der Waals surface area contributed by atoms with Crippen molar-refractivity contribution in [1.29, 1.82) is 0 Å². The molecular formula is C25H33FN2O4. The fraction of sp³-hybridized carbons (Fsp3) is 0.520. The molecule has 6 nitrogen and oxygen atoms in total. The van der Waals surface area contributed by atoms with Gasteiger partial charge in [-0.1, -0.05) is 23.8 Å². The van der Waals surface area contributed by atoms with Crippen molar-refractivity contribution in [3.05, 3.63) is 59.9 Å². The molecule has 1 atom stereocenters. The highest BCUT2D eigenvalue weighted by molar-refractivity contribution is 5.48. The maximum Gasteiger partial charge on any atom is 0.134 e. The van der Waals surface area contributed by atoms with E-state index in [4.69, 9.17) is 9.47 Å². The van der Waals surface area contributed by atoms with Crippen molar-refractivity contribution in [3.8, 4) is 5.75 Å². The SMILES string of the molecule is Cc1ccc(N2CCC(O)(CN3CCOC[C@@](O)(COc4cccc(F)c4)C3)CC2)cc1. The fourth-order valence-electron chi connectivity index (χ4n) is 4.50. The van der Waals surface area contributed by atoms with Gasteiger partial charge in [0, 0.05) is 44.5 Å². The zero-order chi connectivity index (χ0) is 22.6. The third-order valence-electron chi connectivity index (χ3n) is 6.36. The lowest BCUT2D eigenvalue weighted by Gasteiger charge is -2.42. The first kappa shape index (κ1) is 23.0.